The zero-order chi connectivity index (χ0) is 19.7. The van der Waals surface area contributed by atoms with Crippen molar-refractivity contribution in [3.8, 4) is 0 Å². The molecule has 0 spiro atoms. The number of thioether (sulfide) groups is 1. The van der Waals surface area contributed by atoms with Crippen molar-refractivity contribution in [3.63, 3.8) is 0 Å². The summed E-state index contributed by atoms with van der Waals surface area (Å²) in [5.41, 5.74) is 1.34. The second kappa shape index (κ2) is 7.36. The van der Waals surface area contributed by atoms with Crippen molar-refractivity contribution < 1.29 is 19.5 Å². The molecule has 3 aromatic rings. The lowest BCUT2D eigenvalue weighted by Crippen LogP contribution is -2.34. The summed E-state index contributed by atoms with van der Waals surface area (Å²) in [6, 6.07) is 19.6. The summed E-state index contributed by atoms with van der Waals surface area (Å²) >= 11 is 0.913. The number of carbonyl (C=O) groups excluding carboxylic acids is 3. The van der Waals surface area contributed by atoms with Gasteiger partial charge in [-0.05, 0) is 40.4 Å². The van der Waals surface area contributed by atoms with Gasteiger partial charge >= 0.3 is 0 Å². The predicted molar refractivity (Wildman–Crippen MR) is 106 cm³/mol. The van der Waals surface area contributed by atoms with Crippen molar-refractivity contribution in [1.82, 2.24) is 4.90 Å². The minimum absolute atomic E-state index is 0.00896. The SMILES string of the molecule is O=C([O-])c1cccc(CN2C(=O)S[C@H](Nc3cccc4ccccc34)C2=O)c1. The maximum atomic E-state index is 12.8. The average molecular weight is 391 g/mol. The topological polar surface area (TPSA) is 89.5 Å². The summed E-state index contributed by atoms with van der Waals surface area (Å²) in [6.45, 7) is 0.0134. The Labute approximate surface area is 165 Å². The van der Waals surface area contributed by atoms with Gasteiger partial charge in [0.2, 0.25) is 0 Å². The number of carbonyl (C=O) groups is 3. The molecule has 0 unspecified atom stereocenters. The molecule has 1 fully saturated rings. The van der Waals surface area contributed by atoms with E-state index in [9.17, 15) is 19.5 Å². The summed E-state index contributed by atoms with van der Waals surface area (Å²) in [7, 11) is 0. The molecule has 1 atom stereocenters. The van der Waals surface area contributed by atoms with Crippen molar-refractivity contribution in [1.29, 1.82) is 0 Å². The van der Waals surface area contributed by atoms with Gasteiger partial charge in [0, 0.05) is 11.1 Å². The molecule has 28 heavy (non-hydrogen) atoms. The molecule has 2 amide bonds. The lowest BCUT2D eigenvalue weighted by molar-refractivity contribution is -0.255. The molecule has 4 rings (SSSR count). The monoisotopic (exact) mass is 391 g/mol. The fraction of sp³-hybridized carbons (Fsp3) is 0.0952. The van der Waals surface area contributed by atoms with Gasteiger partial charge in [0.25, 0.3) is 11.1 Å². The molecule has 0 aliphatic carbocycles. The maximum absolute atomic E-state index is 12.8. The van der Waals surface area contributed by atoms with Crippen LogP contribution in [0.2, 0.25) is 0 Å². The highest BCUT2D eigenvalue weighted by Gasteiger charge is 2.39. The van der Waals surface area contributed by atoms with Crippen LogP contribution in [0, 0.1) is 0 Å². The van der Waals surface area contributed by atoms with E-state index in [0.717, 1.165) is 33.1 Å². The molecule has 140 valence electrons. The highest BCUT2D eigenvalue weighted by molar-refractivity contribution is 8.15. The lowest BCUT2D eigenvalue weighted by Gasteiger charge is -2.16. The number of anilines is 1. The standard InChI is InChI=1S/C21H16N2O4S/c24-19-18(22-17-10-4-7-14-6-1-2-9-16(14)17)28-21(27)23(19)12-13-5-3-8-15(11-13)20(25)26/h1-11,18,22H,12H2,(H,25,26)/p-1/t18-/m0/s1. The molecule has 7 heteroatoms. The van der Waals surface area contributed by atoms with E-state index in [-0.39, 0.29) is 23.3 Å². The molecule has 0 aromatic heterocycles. The van der Waals surface area contributed by atoms with Crippen molar-refractivity contribution in [2.45, 2.75) is 11.9 Å². The molecule has 1 aliphatic heterocycles. The summed E-state index contributed by atoms with van der Waals surface area (Å²) in [5.74, 6) is -1.66. The van der Waals surface area contributed by atoms with E-state index < -0.39 is 11.3 Å². The summed E-state index contributed by atoms with van der Waals surface area (Å²) in [6.07, 6.45) is 0. The number of carboxylic acid groups (broad SMARTS) is 1. The van der Waals surface area contributed by atoms with E-state index >= 15 is 0 Å². The number of nitrogens with one attached hydrogen (secondary N) is 1. The maximum Gasteiger partial charge on any atom is 0.291 e. The Morgan fingerprint density at radius 2 is 1.79 bits per heavy atom. The third-order valence-corrected chi connectivity index (χ3v) is 5.49. The second-order valence-corrected chi connectivity index (χ2v) is 7.40. The molecule has 0 saturated carbocycles. The minimum Gasteiger partial charge on any atom is -0.545 e. The summed E-state index contributed by atoms with van der Waals surface area (Å²) in [5, 5.41) is 15.1. The van der Waals surface area contributed by atoms with Gasteiger partial charge < -0.3 is 15.2 Å². The van der Waals surface area contributed by atoms with Gasteiger partial charge in [-0.2, -0.15) is 0 Å². The van der Waals surface area contributed by atoms with Gasteiger partial charge in [-0.3, -0.25) is 14.5 Å². The number of aromatic carboxylic acids is 1. The van der Waals surface area contributed by atoms with Crippen LogP contribution in [0.4, 0.5) is 10.5 Å². The first-order chi connectivity index (χ1) is 13.5. The van der Waals surface area contributed by atoms with Crippen LogP contribution in [-0.2, 0) is 11.3 Å². The van der Waals surface area contributed by atoms with Crippen LogP contribution in [-0.4, -0.2) is 27.4 Å². The van der Waals surface area contributed by atoms with Crippen molar-refractivity contribution in [2.75, 3.05) is 5.32 Å². The van der Waals surface area contributed by atoms with Gasteiger partial charge in [-0.1, -0.05) is 54.6 Å². The molecule has 1 saturated heterocycles. The third kappa shape index (κ3) is 3.44. The van der Waals surface area contributed by atoms with Gasteiger partial charge in [0.15, 0.2) is 5.37 Å². The first kappa shape index (κ1) is 18.1. The number of carboxylic acids is 1. The van der Waals surface area contributed by atoms with Crippen LogP contribution in [0.25, 0.3) is 10.8 Å². The minimum atomic E-state index is -1.30. The average Bonchev–Trinajstić information content (AvgIpc) is 2.96. The zero-order valence-corrected chi connectivity index (χ0v) is 15.4. The fourth-order valence-electron chi connectivity index (χ4n) is 3.15. The Kier molecular flexibility index (Phi) is 4.75. The first-order valence-corrected chi connectivity index (χ1v) is 9.47. The van der Waals surface area contributed by atoms with E-state index in [1.165, 1.54) is 12.1 Å². The van der Waals surface area contributed by atoms with Crippen LogP contribution in [0.15, 0.2) is 66.7 Å². The number of rotatable bonds is 5. The summed E-state index contributed by atoms with van der Waals surface area (Å²) < 4.78 is 0. The van der Waals surface area contributed by atoms with Gasteiger partial charge in [0.05, 0.1) is 12.5 Å². The van der Waals surface area contributed by atoms with E-state index in [2.05, 4.69) is 5.32 Å². The Morgan fingerprint density at radius 3 is 2.61 bits per heavy atom. The fourth-order valence-corrected chi connectivity index (χ4v) is 4.05. The summed E-state index contributed by atoms with van der Waals surface area (Å²) in [4.78, 5) is 37.3. The second-order valence-electron chi connectivity index (χ2n) is 6.35. The molecule has 1 N–H and O–H groups in total. The third-order valence-electron chi connectivity index (χ3n) is 4.51. The number of imide groups is 1. The van der Waals surface area contributed by atoms with E-state index in [1.54, 1.807) is 12.1 Å². The molecule has 1 heterocycles. The molecular formula is C21H15N2O4S-. The predicted octanol–water partition coefficient (Wildman–Crippen LogP) is 2.84. The Bertz CT molecular complexity index is 1090. The zero-order valence-electron chi connectivity index (χ0n) is 14.6. The largest absolute Gasteiger partial charge is 0.545 e. The molecule has 1 aliphatic rings. The van der Waals surface area contributed by atoms with Gasteiger partial charge in [0.1, 0.15) is 0 Å². The molecular weight excluding hydrogens is 376 g/mol. The Hall–Kier alpha value is -3.32. The van der Waals surface area contributed by atoms with Crippen molar-refractivity contribution >= 4 is 45.3 Å². The van der Waals surface area contributed by atoms with E-state index in [0.29, 0.717) is 5.56 Å². The smallest absolute Gasteiger partial charge is 0.291 e. The number of fused-ring (bicyclic) bond motifs is 1. The highest BCUT2D eigenvalue weighted by Crippen LogP contribution is 2.32. The first-order valence-electron chi connectivity index (χ1n) is 8.59. The van der Waals surface area contributed by atoms with E-state index in [1.807, 2.05) is 42.5 Å². The van der Waals surface area contributed by atoms with Crippen LogP contribution in [0.5, 0.6) is 0 Å². The Balaban J connectivity index is 1.54. The quantitative estimate of drug-likeness (QED) is 0.719. The van der Waals surface area contributed by atoms with Gasteiger partial charge in [-0.25, -0.2) is 0 Å². The number of benzene rings is 3. The lowest BCUT2D eigenvalue weighted by atomic mass is 10.1. The van der Waals surface area contributed by atoms with Crippen LogP contribution >= 0.6 is 11.8 Å². The number of amides is 2. The normalized spacial score (nSPS) is 16.6. The molecule has 6 nitrogen and oxygen atoms in total. The number of hydrogen-bond acceptors (Lipinski definition) is 6. The van der Waals surface area contributed by atoms with Crippen LogP contribution in [0.3, 0.4) is 0 Å². The molecule has 0 bridgehead atoms. The number of hydrogen-bond donors (Lipinski definition) is 1. The van der Waals surface area contributed by atoms with Crippen molar-refractivity contribution in [3.05, 3.63) is 77.9 Å². The highest BCUT2D eigenvalue weighted by atomic mass is 32.2. The number of nitrogens with zero attached hydrogens (tertiary/aromatic N) is 1. The molecule has 3 aromatic carbocycles. The van der Waals surface area contributed by atoms with Gasteiger partial charge in [-0.15, -0.1) is 0 Å². The van der Waals surface area contributed by atoms with Crippen LogP contribution in [0.1, 0.15) is 15.9 Å². The molecule has 0 radical (unpaired) electrons. The van der Waals surface area contributed by atoms with Crippen LogP contribution < -0.4 is 10.4 Å². The Morgan fingerprint density at radius 1 is 1.04 bits per heavy atom. The van der Waals surface area contributed by atoms with Crippen molar-refractivity contribution in [2.24, 2.45) is 0 Å². The van der Waals surface area contributed by atoms with E-state index in [4.69, 9.17) is 0 Å².